The lowest BCUT2D eigenvalue weighted by atomic mass is 10.2. The van der Waals surface area contributed by atoms with Crippen LogP contribution in [0.5, 0.6) is 5.75 Å². The van der Waals surface area contributed by atoms with Gasteiger partial charge in [0, 0.05) is 23.7 Å². The summed E-state index contributed by atoms with van der Waals surface area (Å²) in [5.41, 5.74) is 2.50. The molecule has 0 saturated heterocycles. The van der Waals surface area contributed by atoms with Gasteiger partial charge in [0.15, 0.2) is 0 Å². The van der Waals surface area contributed by atoms with Crippen molar-refractivity contribution in [2.75, 3.05) is 7.11 Å². The van der Waals surface area contributed by atoms with Crippen molar-refractivity contribution in [3.05, 3.63) is 52.6 Å². The maximum absolute atomic E-state index is 12.3. The lowest BCUT2D eigenvalue weighted by molar-refractivity contribution is 0.0940. The van der Waals surface area contributed by atoms with Crippen LogP contribution >= 0.6 is 11.3 Å². The van der Waals surface area contributed by atoms with E-state index in [-0.39, 0.29) is 5.91 Å². The first kappa shape index (κ1) is 17.2. The summed E-state index contributed by atoms with van der Waals surface area (Å²) in [5, 5.41) is 9.94. The Morgan fingerprint density at radius 3 is 2.80 bits per heavy atom. The Labute approximate surface area is 150 Å². The molecule has 3 rings (SSSR count). The van der Waals surface area contributed by atoms with Gasteiger partial charge in [-0.3, -0.25) is 9.48 Å². The molecule has 2 heterocycles. The summed E-state index contributed by atoms with van der Waals surface area (Å²) in [6.45, 7) is 3.19. The molecule has 0 atom stereocenters. The summed E-state index contributed by atoms with van der Waals surface area (Å²) in [6.07, 6.45) is 2.58. The fourth-order valence-electron chi connectivity index (χ4n) is 2.45. The van der Waals surface area contributed by atoms with E-state index in [1.165, 1.54) is 11.3 Å². The summed E-state index contributed by atoms with van der Waals surface area (Å²) in [4.78, 5) is 16.9. The molecule has 0 spiro atoms. The minimum absolute atomic E-state index is 0.132. The maximum Gasteiger partial charge on any atom is 0.269 e. The molecule has 2 aromatic heterocycles. The zero-order valence-electron chi connectivity index (χ0n) is 14.2. The normalized spacial score (nSPS) is 10.6. The number of rotatable bonds is 7. The number of hydrogen-bond donors (Lipinski definition) is 1. The Hall–Kier alpha value is -2.67. The van der Waals surface area contributed by atoms with Gasteiger partial charge < -0.3 is 10.1 Å². The van der Waals surface area contributed by atoms with Crippen molar-refractivity contribution in [2.45, 2.75) is 26.4 Å². The summed E-state index contributed by atoms with van der Waals surface area (Å²) < 4.78 is 6.89. The van der Waals surface area contributed by atoms with Crippen molar-refractivity contribution < 1.29 is 9.53 Å². The number of benzene rings is 1. The van der Waals surface area contributed by atoms with Gasteiger partial charge in [0.25, 0.3) is 5.91 Å². The molecule has 0 saturated carbocycles. The lowest BCUT2D eigenvalue weighted by Crippen LogP contribution is -2.25. The largest absolute Gasteiger partial charge is 0.497 e. The van der Waals surface area contributed by atoms with Crippen molar-refractivity contribution in [1.29, 1.82) is 0 Å². The molecular weight excluding hydrogens is 336 g/mol. The Morgan fingerprint density at radius 1 is 1.28 bits per heavy atom. The van der Waals surface area contributed by atoms with Crippen molar-refractivity contribution in [1.82, 2.24) is 20.1 Å². The number of methoxy groups -OCH3 is 1. The molecule has 0 fully saturated rings. The van der Waals surface area contributed by atoms with Gasteiger partial charge in [-0.05, 0) is 36.8 Å². The van der Waals surface area contributed by atoms with Crippen LogP contribution in [0.3, 0.4) is 0 Å². The zero-order valence-corrected chi connectivity index (χ0v) is 15.0. The van der Waals surface area contributed by atoms with Gasteiger partial charge in [-0.1, -0.05) is 6.92 Å². The predicted molar refractivity (Wildman–Crippen MR) is 97.8 cm³/mol. The first-order chi connectivity index (χ1) is 12.2. The third-order valence-electron chi connectivity index (χ3n) is 3.72. The van der Waals surface area contributed by atoms with Crippen LogP contribution in [0, 0.1) is 0 Å². The van der Waals surface area contributed by atoms with Crippen LogP contribution in [0.15, 0.2) is 41.9 Å². The first-order valence-corrected chi connectivity index (χ1v) is 8.98. The van der Waals surface area contributed by atoms with Crippen LogP contribution < -0.4 is 10.1 Å². The number of aryl methyl sites for hydroxylation is 1. The number of ether oxygens (including phenoxy) is 1. The highest BCUT2D eigenvalue weighted by atomic mass is 32.1. The van der Waals surface area contributed by atoms with E-state index in [0.717, 1.165) is 35.0 Å². The minimum atomic E-state index is -0.132. The lowest BCUT2D eigenvalue weighted by Gasteiger charge is -2.06. The number of carbonyl (C=O) groups is 1. The predicted octanol–water partition coefficient (Wildman–Crippen LogP) is 3.36. The molecule has 6 nitrogen and oxygen atoms in total. The van der Waals surface area contributed by atoms with Crippen LogP contribution in [0.1, 0.15) is 28.8 Å². The van der Waals surface area contributed by atoms with Crippen LogP contribution in [-0.2, 0) is 13.1 Å². The van der Waals surface area contributed by atoms with E-state index >= 15 is 0 Å². The van der Waals surface area contributed by atoms with Gasteiger partial charge >= 0.3 is 0 Å². The van der Waals surface area contributed by atoms with Gasteiger partial charge in [-0.2, -0.15) is 5.10 Å². The van der Waals surface area contributed by atoms with Crippen LogP contribution in [0.2, 0.25) is 0 Å². The Bertz CT molecular complexity index is 839. The highest BCUT2D eigenvalue weighted by Crippen LogP contribution is 2.24. The molecule has 3 aromatic rings. The molecule has 0 radical (unpaired) electrons. The van der Waals surface area contributed by atoms with E-state index in [2.05, 4.69) is 22.3 Å². The standard InChI is InChI=1S/C18H20N4O2S/c1-3-10-22-16(8-9-20-22)18(23)19-11-17-21-15(12-25-17)13-4-6-14(24-2)7-5-13/h4-9,12H,3,10-11H2,1-2H3,(H,19,23). The molecule has 7 heteroatoms. The molecule has 130 valence electrons. The molecule has 0 aliphatic heterocycles. The number of nitrogens with zero attached hydrogens (tertiary/aromatic N) is 3. The summed E-state index contributed by atoms with van der Waals surface area (Å²) >= 11 is 1.53. The van der Waals surface area contributed by atoms with Crippen molar-refractivity contribution in [3.8, 4) is 17.0 Å². The van der Waals surface area contributed by atoms with E-state index in [1.54, 1.807) is 24.1 Å². The van der Waals surface area contributed by atoms with Gasteiger partial charge in [0.05, 0.1) is 19.3 Å². The van der Waals surface area contributed by atoms with Crippen LogP contribution in [0.25, 0.3) is 11.3 Å². The van der Waals surface area contributed by atoms with Gasteiger partial charge in [0.2, 0.25) is 0 Å². The molecule has 1 amide bonds. The maximum atomic E-state index is 12.3. The fraction of sp³-hybridized carbons (Fsp3) is 0.278. The van der Waals surface area contributed by atoms with Crippen molar-refractivity contribution in [3.63, 3.8) is 0 Å². The van der Waals surface area contributed by atoms with Gasteiger partial charge in [-0.15, -0.1) is 11.3 Å². The highest BCUT2D eigenvalue weighted by Gasteiger charge is 2.12. The van der Waals surface area contributed by atoms with Gasteiger partial charge in [-0.25, -0.2) is 4.98 Å². The SMILES string of the molecule is CCCn1nccc1C(=O)NCc1nc(-c2ccc(OC)cc2)cs1. The van der Waals surface area contributed by atoms with E-state index in [0.29, 0.717) is 12.2 Å². The number of hydrogen-bond acceptors (Lipinski definition) is 5. The van der Waals surface area contributed by atoms with E-state index < -0.39 is 0 Å². The van der Waals surface area contributed by atoms with Crippen LogP contribution in [-0.4, -0.2) is 27.8 Å². The van der Waals surface area contributed by atoms with E-state index in [1.807, 2.05) is 29.6 Å². The number of nitrogens with one attached hydrogen (secondary N) is 1. The number of aromatic nitrogens is 3. The molecule has 0 bridgehead atoms. The smallest absolute Gasteiger partial charge is 0.269 e. The number of carbonyl (C=O) groups excluding carboxylic acids is 1. The average molecular weight is 356 g/mol. The summed E-state index contributed by atoms with van der Waals surface area (Å²) in [6, 6.07) is 9.49. The Balaban J connectivity index is 1.63. The van der Waals surface area contributed by atoms with Crippen molar-refractivity contribution in [2.24, 2.45) is 0 Å². The monoisotopic (exact) mass is 356 g/mol. The topological polar surface area (TPSA) is 69.0 Å². The second-order valence-electron chi connectivity index (χ2n) is 5.48. The van der Waals surface area contributed by atoms with Crippen LogP contribution in [0.4, 0.5) is 0 Å². The minimum Gasteiger partial charge on any atom is -0.497 e. The van der Waals surface area contributed by atoms with E-state index in [4.69, 9.17) is 4.74 Å². The average Bonchev–Trinajstić information content (AvgIpc) is 3.30. The molecular formula is C18H20N4O2S. The number of amides is 1. The van der Waals surface area contributed by atoms with Crippen molar-refractivity contribution >= 4 is 17.2 Å². The molecule has 1 aromatic carbocycles. The second kappa shape index (κ2) is 7.94. The third kappa shape index (κ3) is 4.06. The zero-order chi connectivity index (χ0) is 17.6. The quantitative estimate of drug-likeness (QED) is 0.705. The molecule has 0 unspecified atom stereocenters. The summed E-state index contributed by atoms with van der Waals surface area (Å²) in [5.74, 6) is 0.683. The van der Waals surface area contributed by atoms with Gasteiger partial charge in [0.1, 0.15) is 16.5 Å². The second-order valence-corrected chi connectivity index (χ2v) is 6.42. The Kier molecular flexibility index (Phi) is 5.45. The third-order valence-corrected chi connectivity index (χ3v) is 4.57. The first-order valence-electron chi connectivity index (χ1n) is 8.10. The van der Waals surface area contributed by atoms with E-state index in [9.17, 15) is 4.79 Å². The fourth-order valence-corrected chi connectivity index (χ4v) is 3.19. The summed E-state index contributed by atoms with van der Waals surface area (Å²) in [7, 11) is 1.64. The number of thiazole rings is 1. The molecule has 1 N–H and O–H groups in total. The molecule has 0 aliphatic rings. The molecule has 25 heavy (non-hydrogen) atoms. The Morgan fingerprint density at radius 2 is 2.08 bits per heavy atom. The molecule has 0 aliphatic carbocycles. The highest BCUT2D eigenvalue weighted by molar-refractivity contribution is 7.09.